The lowest BCUT2D eigenvalue weighted by atomic mass is 10.2. The summed E-state index contributed by atoms with van der Waals surface area (Å²) in [6, 6.07) is 0. The molecule has 0 radical (unpaired) electrons. The Morgan fingerprint density at radius 1 is 1.62 bits per heavy atom. The first-order chi connectivity index (χ1) is 6.31. The van der Waals surface area contributed by atoms with E-state index in [0.717, 1.165) is 12.8 Å². The Bertz CT molecular complexity index is 249. The van der Waals surface area contributed by atoms with Crippen molar-refractivity contribution >= 4 is 0 Å². The number of aliphatic hydroxyl groups is 1. The highest BCUT2D eigenvalue weighted by Crippen LogP contribution is 2.17. The molecule has 0 spiro atoms. The molecule has 5 heteroatoms. The SMILES string of the molecule is CCCC(OC)c1n[nH]c(CO)n1. The maximum atomic E-state index is 8.76. The minimum Gasteiger partial charge on any atom is -0.388 e. The largest absolute Gasteiger partial charge is 0.388 e. The first kappa shape index (κ1) is 10.1. The van der Waals surface area contributed by atoms with Gasteiger partial charge in [-0.05, 0) is 6.42 Å². The number of nitrogens with zero attached hydrogens (tertiary/aromatic N) is 2. The normalized spacial score (nSPS) is 13.2. The third kappa shape index (κ3) is 2.50. The van der Waals surface area contributed by atoms with Crippen LogP contribution in [0.5, 0.6) is 0 Å². The van der Waals surface area contributed by atoms with E-state index in [2.05, 4.69) is 22.1 Å². The molecule has 0 amide bonds. The van der Waals surface area contributed by atoms with Crippen LogP contribution < -0.4 is 0 Å². The number of aromatic nitrogens is 3. The Morgan fingerprint density at radius 3 is 2.85 bits per heavy atom. The van der Waals surface area contributed by atoms with Crippen LogP contribution in [0.15, 0.2) is 0 Å². The van der Waals surface area contributed by atoms with Gasteiger partial charge in [-0.1, -0.05) is 13.3 Å². The van der Waals surface area contributed by atoms with Gasteiger partial charge in [-0.2, -0.15) is 5.10 Å². The number of hydrogen-bond donors (Lipinski definition) is 2. The highest BCUT2D eigenvalue weighted by molar-refractivity contribution is 4.93. The molecular formula is C8H15N3O2. The summed E-state index contributed by atoms with van der Waals surface area (Å²) in [5.41, 5.74) is 0. The Hall–Kier alpha value is -0.940. The molecule has 1 rings (SSSR count). The van der Waals surface area contributed by atoms with Crippen LogP contribution in [-0.2, 0) is 11.3 Å². The number of H-pyrrole nitrogens is 1. The highest BCUT2D eigenvalue weighted by atomic mass is 16.5. The zero-order valence-electron chi connectivity index (χ0n) is 7.95. The summed E-state index contributed by atoms with van der Waals surface area (Å²) in [4.78, 5) is 4.08. The topological polar surface area (TPSA) is 71.0 Å². The standard InChI is InChI=1S/C8H15N3O2/c1-3-4-6(13-2)8-9-7(5-12)10-11-8/h6,12H,3-5H2,1-2H3,(H,9,10,11). The highest BCUT2D eigenvalue weighted by Gasteiger charge is 2.14. The van der Waals surface area contributed by atoms with Gasteiger partial charge in [-0.15, -0.1) is 0 Å². The number of rotatable bonds is 5. The van der Waals surface area contributed by atoms with Crippen LogP contribution in [-0.4, -0.2) is 27.4 Å². The number of hydrogen-bond acceptors (Lipinski definition) is 4. The van der Waals surface area contributed by atoms with E-state index in [-0.39, 0.29) is 12.7 Å². The van der Waals surface area contributed by atoms with Crippen molar-refractivity contribution in [3.05, 3.63) is 11.6 Å². The Labute approximate surface area is 77.1 Å². The third-order valence-electron chi connectivity index (χ3n) is 1.82. The van der Waals surface area contributed by atoms with Crippen LogP contribution in [0.2, 0.25) is 0 Å². The molecule has 0 fully saturated rings. The predicted octanol–water partition coefficient (Wildman–Crippen LogP) is 0.785. The van der Waals surface area contributed by atoms with Crippen LogP contribution in [0, 0.1) is 0 Å². The second-order valence-corrected chi connectivity index (χ2v) is 2.81. The van der Waals surface area contributed by atoms with Crippen molar-refractivity contribution in [2.75, 3.05) is 7.11 Å². The van der Waals surface area contributed by atoms with Crippen molar-refractivity contribution in [3.63, 3.8) is 0 Å². The van der Waals surface area contributed by atoms with E-state index in [1.165, 1.54) is 0 Å². The molecule has 1 aromatic rings. The minimum atomic E-state index is -0.116. The number of methoxy groups -OCH3 is 1. The Kier molecular flexibility index (Phi) is 3.85. The van der Waals surface area contributed by atoms with Crippen molar-refractivity contribution in [1.29, 1.82) is 0 Å². The van der Waals surface area contributed by atoms with Crippen LogP contribution in [0.25, 0.3) is 0 Å². The molecule has 1 heterocycles. The fraction of sp³-hybridized carbons (Fsp3) is 0.750. The van der Waals surface area contributed by atoms with Crippen molar-refractivity contribution in [1.82, 2.24) is 15.2 Å². The molecular weight excluding hydrogens is 170 g/mol. The van der Waals surface area contributed by atoms with E-state index < -0.39 is 0 Å². The molecule has 0 aliphatic carbocycles. The summed E-state index contributed by atoms with van der Waals surface area (Å²) in [7, 11) is 1.63. The van der Waals surface area contributed by atoms with Crippen LogP contribution in [0.1, 0.15) is 37.5 Å². The zero-order valence-corrected chi connectivity index (χ0v) is 7.95. The summed E-state index contributed by atoms with van der Waals surface area (Å²) < 4.78 is 5.21. The van der Waals surface area contributed by atoms with Gasteiger partial charge in [0.05, 0.1) is 0 Å². The molecule has 5 nitrogen and oxygen atoms in total. The Morgan fingerprint density at radius 2 is 2.38 bits per heavy atom. The first-order valence-corrected chi connectivity index (χ1v) is 4.36. The average molecular weight is 185 g/mol. The molecule has 1 atom stereocenters. The van der Waals surface area contributed by atoms with Crippen molar-refractivity contribution in [3.8, 4) is 0 Å². The van der Waals surface area contributed by atoms with E-state index in [9.17, 15) is 0 Å². The van der Waals surface area contributed by atoms with E-state index in [0.29, 0.717) is 11.6 Å². The van der Waals surface area contributed by atoms with E-state index in [1.54, 1.807) is 7.11 Å². The van der Waals surface area contributed by atoms with Gasteiger partial charge in [0.25, 0.3) is 0 Å². The van der Waals surface area contributed by atoms with Crippen molar-refractivity contribution in [2.45, 2.75) is 32.5 Å². The number of aliphatic hydroxyl groups excluding tert-OH is 1. The van der Waals surface area contributed by atoms with Gasteiger partial charge in [0.1, 0.15) is 18.5 Å². The van der Waals surface area contributed by atoms with Crippen LogP contribution in [0.4, 0.5) is 0 Å². The molecule has 74 valence electrons. The average Bonchev–Trinajstić information content (AvgIpc) is 2.62. The lowest BCUT2D eigenvalue weighted by Crippen LogP contribution is -2.03. The number of nitrogens with one attached hydrogen (secondary N) is 1. The van der Waals surface area contributed by atoms with Crippen molar-refractivity contribution < 1.29 is 9.84 Å². The molecule has 2 N–H and O–H groups in total. The van der Waals surface area contributed by atoms with Gasteiger partial charge < -0.3 is 9.84 Å². The molecule has 0 aromatic carbocycles. The summed E-state index contributed by atoms with van der Waals surface area (Å²) in [6.45, 7) is 1.96. The fourth-order valence-corrected chi connectivity index (χ4v) is 1.14. The molecule has 1 aromatic heterocycles. The van der Waals surface area contributed by atoms with Crippen molar-refractivity contribution in [2.24, 2.45) is 0 Å². The van der Waals surface area contributed by atoms with Gasteiger partial charge in [-0.25, -0.2) is 4.98 Å². The molecule has 0 saturated carbocycles. The van der Waals surface area contributed by atoms with E-state index >= 15 is 0 Å². The van der Waals surface area contributed by atoms with Gasteiger partial charge in [0, 0.05) is 7.11 Å². The number of aromatic amines is 1. The summed E-state index contributed by atoms with van der Waals surface area (Å²) in [5.74, 6) is 1.10. The third-order valence-corrected chi connectivity index (χ3v) is 1.82. The maximum Gasteiger partial charge on any atom is 0.179 e. The first-order valence-electron chi connectivity index (χ1n) is 4.36. The van der Waals surface area contributed by atoms with Crippen LogP contribution >= 0.6 is 0 Å². The van der Waals surface area contributed by atoms with Gasteiger partial charge in [0.2, 0.25) is 0 Å². The number of ether oxygens (including phenoxy) is 1. The monoisotopic (exact) mass is 185 g/mol. The smallest absolute Gasteiger partial charge is 0.179 e. The Balaban J connectivity index is 2.67. The lowest BCUT2D eigenvalue weighted by molar-refractivity contribution is 0.0878. The molecule has 0 bridgehead atoms. The second-order valence-electron chi connectivity index (χ2n) is 2.81. The predicted molar refractivity (Wildman–Crippen MR) is 47.0 cm³/mol. The summed E-state index contributed by atoms with van der Waals surface area (Å²) in [6.07, 6.45) is 1.84. The summed E-state index contributed by atoms with van der Waals surface area (Å²) >= 11 is 0. The molecule has 1 unspecified atom stereocenters. The quantitative estimate of drug-likeness (QED) is 0.711. The van der Waals surface area contributed by atoms with Gasteiger partial charge in [-0.3, -0.25) is 5.10 Å². The fourth-order valence-electron chi connectivity index (χ4n) is 1.14. The molecule has 0 aliphatic heterocycles. The molecule has 0 saturated heterocycles. The second kappa shape index (κ2) is 4.94. The van der Waals surface area contributed by atoms with E-state index in [4.69, 9.17) is 9.84 Å². The molecule has 0 aliphatic rings. The van der Waals surface area contributed by atoms with Gasteiger partial charge in [0.15, 0.2) is 5.82 Å². The molecule has 13 heavy (non-hydrogen) atoms. The maximum absolute atomic E-state index is 8.76. The summed E-state index contributed by atoms with van der Waals surface area (Å²) in [5, 5.41) is 15.4. The zero-order chi connectivity index (χ0) is 9.68. The van der Waals surface area contributed by atoms with Crippen LogP contribution in [0.3, 0.4) is 0 Å². The lowest BCUT2D eigenvalue weighted by Gasteiger charge is -2.08. The minimum absolute atomic E-state index is 0.0680. The van der Waals surface area contributed by atoms with Gasteiger partial charge >= 0.3 is 0 Å². The van der Waals surface area contributed by atoms with E-state index in [1.807, 2.05) is 0 Å².